The highest BCUT2D eigenvalue weighted by molar-refractivity contribution is 5.70. The molecular formula is C9H13N3. The molecule has 0 bridgehead atoms. The van der Waals surface area contributed by atoms with Crippen LogP contribution in [-0.2, 0) is 0 Å². The molecule has 0 saturated carbocycles. The molecule has 0 radical (unpaired) electrons. The molecule has 0 fully saturated rings. The van der Waals surface area contributed by atoms with Crippen LogP contribution in [0.15, 0.2) is 6.58 Å². The van der Waals surface area contributed by atoms with Gasteiger partial charge in [0.1, 0.15) is 5.82 Å². The second kappa shape index (κ2) is 2.93. The summed E-state index contributed by atoms with van der Waals surface area (Å²) in [7, 11) is 0. The third-order valence-corrected chi connectivity index (χ3v) is 1.65. The van der Waals surface area contributed by atoms with E-state index in [1.807, 2.05) is 20.8 Å². The minimum atomic E-state index is 0.633. The van der Waals surface area contributed by atoms with E-state index in [9.17, 15) is 0 Å². The van der Waals surface area contributed by atoms with E-state index in [-0.39, 0.29) is 0 Å². The molecule has 1 aromatic rings. The van der Waals surface area contributed by atoms with Gasteiger partial charge in [-0.05, 0) is 26.3 Å². The monoisotopic (exact) mass is 163 g/mol. The molecule has 0 unspecified atom stereocenters. The molecule has 1 rings (SSSR count). The summed E-state index contributed by atoms with van der Waals surface area (Å²) in [5, 5.41) is 0. The summed E-state index contributed by atoms with van der Waals surface area (Å²) in [5.74, 6) is 0.736. The number of hydrogen-bond acceptors (Lipinski definition) is 3. The number of aryl methyl sites for hydroxylation is 2. The lowest BCUT2D eigenvalue weighted by atomic mass is 10.2. The lowest BCUT2D eigenvalue weighted by Crippen LogP contribution is -2.03. The number of rotatable bonds is 1. The molecule has 0 spiro atoms. The van der Waals surface area contributed by atoms with Crippen LogP contribution in [0.4, 0.5) is 5.69 Å². The summed E-state index contributed by atoms with van der Waals surface area (Å²) in [5.41, 5.74) is 8.86. The van der Waals surface area contributed by atoms with Crippen LogP contribution in [0.3, 0.4) is 0 Å². The summed E-state index contributed by atoms with van der Waals surface area (Å²) in [6.07, 6.45) is 0. The smallest absolute Gasteiger partial charge is 0.126 e. The molecule has 3 heteroatoms. The van der Waals surface area contributed by atoms with Crippen LogP contribution in [0.1, 0.15) is 24.1 Å². The van der Waals surface area contributed by atoms with E-state index in [0.717, 1.165) is 22.8 Å². The van der Waals surface area contributed by atoms with Gasteiger partial charge in [0.05, 0.1) is 17.1 Å². The van der Waals surface area contributed by atoms with Crippen molar-refractivity contribution in [2.24, 2.45) is 0 Å². The van der Waals surface area contributed by atoms with Gasteiger partial charge < -0.3 is 5.73 Å². The van der Waals surface area contributed by atoms with Crippen molar-refractivity contribution in [3.05, 3.63) is 23.8 Å². The summed E-state index contributed by atoms with van der Waals surface area (Å²) >= 11 is 0. The molecule has 0 aromatic carbocycles. The van der Waals surface area contributed by atoms with Crippen LogP contribution in [0, 0.1) is 13.8 Å². The van der Waals surface area contributed by atoms with Crippen molar-refractivity contribution in [3.8, 4) is 0 Å². The van der Waals surface area contributed by atoms with E-state index < -0.39 is 0 Å². The van der Waals surface area contributed by atoms with Gasteiger partial charge in [-0.25, -0.2) is 9.97 Å². The van der Waals surface area contributed by atoms with Gasteiger partial charge in [0.15, 0.2) is 0 Å². The van der Waals surface area contributed by atoms with Crippen LogP contribution >= 0.6 is 0 Å². The number of nitrogens with zero attached hydrogens (tertiary/aromatic N) is 2. The first-order valence-electron chi connectivity index (χ1n) is 3.79. The molecule has 12 heavy (non-hydrogen) atoms. The number of nitrogens with two attached hydrogens (primary N) is 1. The maximum Gasteiger partial charge on any atom is 0.126 e. The van der Waals surface area contributed by atoms with E-state index in [2.05, 4.69) is 16.5 Å². The summed E-state index contributed by atoms with van der Waals surface area (Å²) in [6.45, 7) is 9.40. The normalized spacial score (nSPS) is 9.92. The highest BCUT2D eigenvalue weighted by atomic mass is 14.9. The van der Waals surface area contributed by atoms with Gasteiger partial charge in [0.2, 0.25) is 0 Å². The lowest BCUT2D eigenvalue weighted by Gasteiger charge is -2.06. The predicted molar refractivity (Wildman–Crippen MR) is 50.6 cm³/mol. The molecule has 1 heterocycles. The van der Waals surface area contributed by atoms with Crippen LogP contribution in [0.25, 0.3) is 5.57 Å². The summed E-state index contributed by atoms with van der Waals surface area (Å²) < 4.78 is 0. The first-order valence-corrected chi connectivity index (χ1v) is 3.79. The van der Waals surface area contributed by atoms with Gasteiger partial charge in [-0.1, -0.05) is 6.58 Å². The second-order valence-electron chi connectivity index (χ2n) is 2.90. The standard InChI is InChI=1S/C9H13N3/c1-5(2)9-8(10)6(3)11-7(4)12-9/h1,10H2,2-4H3. The Labute approximate surface area is 72.3 Å². The maximum absolute atomic E-state index is 5.77. The Morgan fingerprint density at radius 2 is 1.92 bits per heavy atom. The fourth-order valence-electron chi connectivity index (χ4n) is 1.05. The minimum Gasteiger partial charge on any atom is -0.395 e. The summed E-state index contributed by atoms with van der Waals surface area (Å²) in [6, 6.07) is 0. The van der Waals surface area contributed by atoms with Gasteiger partial charge in [0.25, 0.3) is 0 Å². The fraction of sp³-hybridized carbons (Fsp3) is 0.333. The maximum atomic E-state index is 5.77. The fourth-order valence-corrected chi connectivity index (χ4v) is 1.05. The first kappa shape index (κ1) is 8.71. The number of anilines is 1. The van der Waals surface area contributed by atoms with Crippen LogP contribution in [0.2, 0.25) is 0 Å². The minimum absolute atomic E-state index is 0.633. The van der Waals surface area contributed by atoms with Gasteiger partial charge in [-0.15, -0.1) is 0 Å². The average Bonchev–Trinajstić information content (AvgIpc) is 1.96. The van der Waals surface area contributed by atoms with E-state index in [0.29, 0.717) is 5.69 Å². The van der Waals surface area contributed by atoms with Crippen molar-refractivity contribution in [3.63, 3.8) is 0 Å². The molecule has 2 N–H and O–H groups in total. The number of aromatic nitrogens is 2. The van der Waals surface area contributed by atoms with Crippen molar-refractivity contribution < 1.29 is 0 Å². The second-order valence-corrected chi connectivity index (χ2v) is 2.90. The van der Waals surface area contributed by atoms with Crippen molar-refractivity contribution >= 4 is 11.3 Å². The van der Waals surface area contributed by atoms with Crippen molar-refractivity contribution in [2.45, 2.75) is 20.8 Å². The molecule has 0 atom stereocenters. The van der Waals surface area contributed by atoms with E-state index in [1.54, 1.807) is 0 Å². The Morgan fingerprint density at radius 1 is 1.33 bits per heavy atom. The van der Waals surface area contributed by atoms with E-state index in [4.69, 9.17) is 5.73 Å². The Balaban J connectivity index is 3.37. The van der Waals surface area contributed by atoms with E-state index >= 15 is 0 Å². The molecule has 3 nitrogen and oxygen atoms in total. The van der Waals surface area contributed by atoms with E-state index in [1.165, 1.54) is 0 Å². The molecule has 0 amide bonds. The van der Waals surface area contributed by atoms with Crippen molar-refractivity contribution in [2.75, 3.05) is 5.73 Å². The first-order chi connectivity index (χ1) is 5.52. The Morgan fingerprint density at radius 3 is 2.42 bits per heavy atom. The highest BCUT2D eigenvalue weighted by Gasteiger charge is 2.06. The van der Waals surface area contributed by atoms with Crippen molar-refractivity contribution in [1.29, 1.82) is 0 Å². The van der Waals surface area contributed by atoms with Crippen molar-refractivity contribution in [1.82, 2.24) is 9.97 Å². The van der Waals surface area contributed by atoms with Crippen LogP contribution in [-0.4, -0.2) is 9.97 Å². The Bertz CT molecular complexity index is 329. The van der Waals surface area contributed by atoms with Crippen LogP contribution in [0.5, 0.6) is 0 Å². The van der Waals surface area contributed by atoms with Gasteiger partial charge in [0, 0.05) is 0 Å². The van der Waals surface area contributed by atoms with Gasteiger partial charge in [-0.2, -0.15) is 0 Å². The van der Waals surface area contributed by atoms with Gasteiger partial charge >= 0.3 is 0 Å². The highest BCUT2D eigenvalue weighted by Crippen LogP contribution is 2.19. The quantitative estimate of drug-likeness (QED) is 0.685. The predicted octanol–water partition coefficient (Wildman–Crippen LogP) is 1.71. The topological polar surface area (TPSA) is 51.8 Å². The number of hydrogen-bond donors (Lipinski definition) is 1. The molecule has 0 aliphatic rings. The van der Waals surface area contributed by atoms with Gasteiger partial charge in [-0.3, -0.25) is 0 Å². The molecular weight excluding hydrogens is 150 g/mol. The van der Waals surface area contributed by atoms with Crippen LogP contribution < -0.4 is 5.73 Å². The molecule has 1 aromatic heterocycles. The molecule has 64 valence electrons. The molecule has 0 saturated heterocycles. The molecule has 0 aliphatic heterocycles. The zero-order valence-corrected chi connectivity index (χ0v) is 7.68. The lowest BCUT2D eigenvalue weighted by molar-refractivity contribution is 1.00. The average molecular weight is 163 g/mol. The zero-order chi connectivity index (χ0) is 9.30. The third kappa shape index (κ3) is 1.44. The third-order valence-electron chi connectivity index (χ3n) is 1.65. The Kier molecular flexibility index (Phi) is 2.13. The number of allylic oxidation sites excluding steroid dienone is 1. The zero-order valence-electron chi connectivity index (χ0n) is 7.68. The Hall–Kier alpha value is -1.38. The number of nitrogen functional groups attached to an aromatic ring is 1. The largest absolute Gasteiger partial charge is 0.395 e. The SMILES string of the molecule is C=C(C)c1nc(C)nc(C)c1N. The molecule has 0 aliphatic carbocycles. The summed E-state index contributed by atoms with van der Waals surface area (Å²) in [4.78, 5) is 8.34.